The summed E-state index contributed by atoms with van der Waals surface area (Å²) in [5.74, 6) is -1.12. The molecule has 1 aromatic heterocycles. The van der Waals surface area contributed by atoms with Crippen LogP contribution in [0.15, 0.2) is 42.5 Å². The van der Waals surface area contributed by atoms with Gasteiger partial charge in [0.2, 0.25) is 5.91 Å². The zero-order chi connectivity index (χ0) is 20.4. The van der Waals surface area contributed by atoms with Gasteiger partial charge in [0.1, 0.15) is 11.3 Å². The van der Waals surface area contributed by atoms with Crippen molar-refractivity contribution < 1.29 is 18.8 Å². The third kappa shape index (κ3) is 3.88. The minimum absolute atomic E-state index is 0.190. The number of nitrogens with zero attached hydrogens (tertiary/aromatic N) is 2. The zero-order valence-corrected chi connectivity index (χ0v) is 16.3. The Kier molecular flexibility index (Phi) is 5.35. The summed E-state index contributed by atoms with van der Waals surface area (Å²) in [5.41, 5.74) is 1.15. The number of benzene rings is 2. The van der Waals surface area contributed by atoms with Crippen molar-refractivity contribution in [2.45, 2.75) is 25.7 Å². The largest absolute Gasteiger partial charge is 0.302 e. The molecule has 3 amide bonds. The van der Waals surface area contributed by atoms with Gasteiger partial charge in [-0.1, -0.05) is 36.0 Å². The Morgan fingerprint density at radius 3 is 2.41 bits per heavy atom. The summed E-state index contributed by atoms with van der Waals surface area (Å²) in [6.45, 7) is 0.338. The molecule has 1 N–H and O–H groups in total. The first kappa shape index (κ1) is 19.2. The van der Waals surface area contributed by atoms with Gasteiger partial charge in [0, 0.05) is 13.0 Å². The number of aromatic nitrogens is 1. The first-order valence-electron chi connectivity index (χ1n) is 9.35. The lowest BCUT2D eigenvalue weighted by Crippen LogP contribution is -2.30. The number of rotatable bonds is 7. The molecule has 2 aromatic carbocycles. The van der Waals surface area contributed by atoms with Crippen molar-refractivity contribution in [3.8, 4) is 0 Å². The predicted molar refractivity (Wildman–Crippen MR) is 108 cm³/mol. The van der Waals surface area contributed by atoms with Gasteiger partial charge in [0.15, 0.2) is 5.13 Å². The van der Waals surface area contributed by atoms with E-state index in [0.717, 1.165) is 0 Å². The highest BCUT2D eigenvalue weighted by atomic mass is 32.1. The van der Waals surface area contributed by atoms with Crippen LogP contribution in [0.1, 0.15) is 46.4 Å². The number of nitrogens with one attached hydrogen (secondary N) is 1. The Hall–Kier alpha value is -3.13. The summed E-state index contributed by atoms with van der Waals surface area (Å²) in [7, 11) is 0. The van der Waals surface area contributed by atoms with Crippen LogP contribution in [0.5, 0.6) is 0 Å². The summed E-state index contributed by atoms with van der Waals surface area (Å²) in [6, 6.07) is 11.5. The van der Waals surface area contributed by atoms with Gasteiger partial charge in [-0.25, -0.2) is 9.37 Å². The molecule has 1 aliphatic rings. The third-order valence-corrected chi connectivity index (χ3v) is 5.72. The summed E-state index contributed by atoms with van der Waals surface area (Å²) in [5, 5.41) is 3.08. The van der Waals surface area contributed by atoms with Gasteiger partial charge in [0.05, 0.1) is 15.8 Å². The van der Waals surface area contributed by atoms with E-state index in [4.69, 9.17) is 0 Å². The number of hydrogen-bond donors (Lipinski definition) is 1. The predicted octanol–water partition coefficient (Wildman–Crippen LogP) is 4.23. The molecule has 0 atom stereocenters. The number of anilines is 1. The van der Waals surface area contributed by atoms with Crippen LogP contribution >= 0.6 is 11.3 Å². The van der Waals surface area contributed by atoms with Crippen molar-refractivity contribution in [2.75, 3.05) is 11.9 Å². The van der Waals surface area contributed by atoms with E-state index in [0.29, 0.717) is 53.2 Å². The van der Waals surface area contributed by atoms with Gasteiger partial charge in [0.25, 0.3) is 11.8 Å². The van der Waals surface area contributed by atoms with Gasteiger partial charge >= 0.3 is 0 Å². The number of fused-ring (bicyclic) bond motifs is 2. The van der Waals surface area contributed by atoms with E-state index in [1.807, 2.05) is 0 Å². The van der Waals surface area contributed by atoms with E-state index >= 15 is 0 Å². The molecule has 148 valence electrons. The van der Waals surface area contributed by atoms with Gasteiger partial charge in [-0.05, 0) is 37.1 Å². The van der Waals surface area contributed by atoms with E-state index in [9.17, 15) is 18.8 Å². The van der Waals surface area contributed by atoms with E-state index in [-0.39, 0.29) is 23.2 Å². The Morgan fingerprint density at radius 1 is 1.00 bits per heavy atom. The molecule has 0 bridgehead atoms. The van der Waals surface area contributed by atoms with Crippen LogP contribution in [-0.2, 0) is 4.79 Å². The van der Waals surface area contributed by atoms with E-state index in [1.54, 1.807) is 36.4 Å². The molecule has 0 unspecified atom stereocenters. The molecule has 0 saturated carbocycles. The first-order valence-corrected chi connectivity index (χ1v) is 10.2. The number of para-hydroxylation sites is 1. The summed E-state index contributed by atoms with van der Waals surface area (Å²) >= 11 is 1.23. The quantitative estimate of drug-likeness (QED) is 0.466. The molecule has 3 aromatic rings. The van der Waals surface area contributed by atoms with Crippen molar-refractivity contribution in [3.63, 3.8) is 0 Å². The molecule has 0 saturated heterocycles. The van der Waals surface area contributed by atoms with E-state index in [1.165, 1.54) is 22.3 Å². The first-order chi connectivity index (χ1) is 14.0. The molecular formula is C21H18FN3O3S. The second-order valence-electron chi connectivity index (χ2n) is 6.77. The third-order valence-electron chi connectivity index (χ3n) is 4.78. The number of amides is 3. The van der Waals surface area contributed by atoms with Crippen molar-refractivity contribution in [1.82, 2.24) is 9.88 Å². The highest BCUT2D eigenvalue weighted by molar-refractivity contribution is 7.22. The highest BCUT2D eigenvalue weighted by Crippen LogP contribution is 2.27. The summed E-state index contributed by atoms with van der Waals surface area (Å²) < 4.78 is 14.4. The lowest BCUT2D eigenvalue weighted by molar-refractivity contribution is -0.116. The van der Waals surface area contributed by atoms with Gasteiger partial charge in [-0.15, -0.1) is 0 Å². The maximum absolute atomic E-state index is 13.7. The Labute approximate surface area is 170 Å². The van der Waals surface area contributed by atoms with Crippen molar-refractivity contribution >= 4 is 44.4 Å². The van der Waals surface area contributed by atoms with Crippen LogP contribution in [0.4, 0.5) is 9.52 Å². The lowest BCUT2D eigenvalue weighted by atomic mass is 10.1. The SMILES string of the molecule is O=C(CCCCCN1C(=O)c2ccccc2C1=O)Nc1nc2c(F)cccc2s1. The molecule has 6 nitrogen and oxygen atoms in total. The molecule has 29 heavy (non-hydrogen) atoms. The fourth-order valence-corrected chi connectivity index (χ4v) is 4.22. The van der Waals surface area contributed by atoms with Gasteiger partial charge in [-0.2, -0.15) is 0 Å². The molecule has 0 aliphatic carbocycles. The number of unbranched alkanes of at least 4 members (excludes halogenated alkanes) is 2. The van der Waals surface area contributed by atoms with Crippen molar-refractivity contribution in [1.29, 1.82) is 0 Å². The molecular weight excluding hydrogens is 393 g/mol. The van der Waals surface area contributed by atoms with Crippen LogP contribution in [0.2, 0.25) is 0 Å². The van der Waals surface area contributed by atoms with Gasteiger partial charge in [-0.3, -0.25) is 19.3 Å². The monoisotopic (exact) mass is 411 g/mol. The van der Waals surface area contributed by atoms with E-state index in [2.05, 4.69) is 10.3 Å². The lowest BCUT2D eigenvalue weighted by Gasteiger charge is -2.13. The number of thiazole rings is 1. The van der Waals surface area contributed by atoms with Crippen molar-refractivity contribution in [2.24, 2.45) is 0 Å². The van der Waals surface area contributed by atoms with Crippen LogP contribution in [0.25, 0.3) is 10.2 Å². The number of halogens is 1. The summed E-state index contributed by atoms with van der Waals surface area (Å²) in [4.78, 5) is 42.0. The highest BCUT2D eigenvalue weighted by Gasteiger charge is 2.34. The molecule has 0 fully saturated rings. The molecule has 2 heterocycles. The second kappa shape index (κ2) is 8.08. The fraction of sp³-hybridized carbons (Fsp3) is 0.238. The minimum Gasteiger partial charge on any atom is -0.302 e. The molecule has 4 rings (SSSR count). The Morgan fingerprint density at radius 2 is 1.72 bits per heavy atom. The van der Waals surface area contributed by atoms with Crippen LogP contribution in [0.3, 0.4) is 0 Å². The van der Waals surface area contributed by atoms with E-state index < -0.39 is 5.82 Å². The molecule has 0 radical (unpaired) electrons. The maximum atomic E-state index is 13.7. The Balaban J connectivity index is 1.22. The number of hydrogen-bond acceptors (Lipinski definition) is 5. The number of imide groups is 1. The molecule has 8 heteroatoms. The topological polar surface area (TPSA) is 79.4 Å². The standard InChI is InChI=1S/C21H18FN3O3S/c22-15-9-6-10-16-18(15)24-21(29-16)23-17(26)11-2-1-5-12-25-19(27)13-7-3-4-8-14(13)20(25)28/h3-4,6-10H,1-2,5,11-12H2,(H,23,24,26). The van der Waals surface area contributed by atoms with Crippen LogP contribution in [-0.4, -0.2) is 34.2 Å². The minimum atomic E-state index is -0.410. The summed E-state index contributed by atoms with van der Waals surface area (Å²) in [6.07, 6.45) is 2.25. The van der Waals surface area contributed by atoms with Gasteiger partial charge < -0.3 is 5.32 Å². The fourth-order valence-electron chi connectivity index (χ4n) is 3.32. The number of carbonyl (C=O) groups excluding carboxylic acids is 3. The second-order valence-corrected chi connectivity index (χ2v) is 7.80. The maximum Gasteiger partial charge on any atom is 0.261 e. The van der Waals surface area contributed by atoms with Crippen molar-refractivity contribution in [3.05, 3.63) is 59.4 Å². The normalized spacial score (nSPS) is 13.2. The smallest absolute Gasteiger partial charge is 0.261 e. The Bertz CT molecular complexity index is 1080. The molecule has 1 aliphatic heterocycles. The van der Waals surface area contributed by atoms with Crippen LogP contribution < -0.4 is 5.32 Å². The average Bonchev–Trinajstić information content (AvgIpc) is 3.23. The molecule has 0 spiro atoms. The zero-order valence-electron chi connectivity index (χ0n) is 15.5. The average molecular weight is 411 g/mol. The number of carbonyl (C=O) groups is 3. The van der Waals surface area contributed by atoms with Crippen LogP contribution in [0, 0.1) is 5.82 Å².